The second-order valence-electron chi connectivity index (χ2n) is 18.1. The SMILES string of the molecule is CC(C)(C)c1ccc2c3ccc(C(C)(C)C)cc3n(-c3cccc(-n4c5cc(C(C)(C)C)ccc5c5ccc(C(C)(C)C)cc54)c3)c2c1. The van der Waals surface area contributed by atoms with Gasteiger partial charge in [0.15, 0.2) is 0 Å². The van der Waals surface area contributed by atoms with E-state index in [1.165, 1.54) is 77.2 Å². The summed E-state index contributed by atoms with van der Waals surface area (Å²) in [4.78, 5) is 0. The molecule has 246 valence electrons. The van der Waals surface area contributed by atoms with Crippen molar-refractivity contribution in [1.82, 2.24) is 9.13 Å². The molecule has 0 unspecified atom stereocenters. The fraction of sp³-hybridized carbons (Fsp3) is 0.348. The van der Waals surface area contributed by atoms with Gasteiger partial charge in [0.25, 0.3) is 0 Å². The molecule has 0 aliphatic rings. The van der Waals surface area contributed by atoms with E-state index in [0.717, 1.165) is 0 Å². The number of nitrogens with zero attached hydrogens (tertiary/aromatic N) is 2. The Morgan fingerprint density at radius 2 is 0.562 bits per heavy atom. The topological polar surface area (TPSA) is 9.86 Å². The van der Waals surface area contributed by atoms with Crippen LogP contribution in [0.15, 0.2) is 97.1 Å². The lowest BCUT2D eigenvalue weighted by Crippen LogP contribution is -2.11. The fourth-order valence-electron chi connectivity index (χ4n) is 7.23. The van der Waals surface area contributed by atoms with Crippen molar-refractivity contribution >= 4 is 43.6 Å². The lowest BCUT2D eigenvalue weighted by atomic mass is 9.86. The second-order valence-corrected chi connectivity index (χ2v) is 18.1. The van der Waals surface area contributed by atoms with Gasteiger partial charge in [0, 0.05) is 32.9 Å². The number of benzene rings is 5. The third-order valence-electron chi connectivity index (χ3n) is 10.3. The van der Waals surface area contributed by atoms with Crippen LogP contribution >= 0.6 is 0 Å². The van der Waals surface area contributed by atoms with Crippen molar-refractivity contribution in [3.63, 3.8) is 0 Å². The lowest BCUT2D eigenvalue weighted by molar-refractivity contribution is 0.590. The molecule has 2 nitrogen and oxygen atoms in total. The van der Waals surface area contributed by atoms with Gasteiger partial charge in [-0.25, -0.2) is 0 Å². The summed E-state index contributed by atoms with van der Waals surface area (Å²) in [5.74, 6) is 0. The molecule has 0 bridgehead atoms. The van der Waals surface area contributed by atoms with Gasteiger partial charge in [0.1, 0.15) is 0 Å². The summed E-state index contributed by atoms with van der Waals surface area (Å²) in [6.07, 6.45) is 0. The van der Waals surface area contributed by atoms with Crippen LogP contribution < -0.4 is 0 Å². The van der Waals surface area contributed by atoms with E-state index in [2.05, 4.69) is 189 Å². The Morgan fingerprint density at radius 1 is 0.312 bits per heavy atom. The van der Waals surface area contributed by atoms with E-state index in [1.807, 2.05) is 0 Å². The Morgan fingerprint density at radius 3 is 0.792 bits per heavy atom. The third kappa shape index (κ3) is 5.34. The monoisotopic (exact) mass is 632 g/mol. The molecule has 7 rings (SSSR count). The van der Waals surface area contributed by atoms with Crippen LogP contribution in [-0.2, 0) is 21.7 Å². The summed E-state index contributed by atoms with van der Waals surface area (Å²) in [7, 11) is 0. The van der Waals surface area contributed by atoms with Crippen molar-refractivity contribution in [3.8, 4) is 11.4 Å². The first-order valence-electron chi connectivity index (χ1n) is 17.6. The second kappa shape index (κ2) is 10.6. The summed E-state index contributed by atoms with van der Waals surface area (Å²) in [5.41, 5.74) is 13.0. The van der Waals surface area contributed by atoms with Gasteiger partial charge in [-0.2, -0.15) is 0 Å². The molecule has 7 aromatic rings. The van der Waals surface area contributed by atoms with Crippen LogP contribution in [0.5, 0.6) is 0 Å². The highest BCUT2D eigenvalue weighted by Crippen LogP contribution is 2.40. The smallest absolute Gasteiger partial charge is 0.0544 e. The third-order valence-corrected chi connectivity index (χ3v) is 10.3. The Kier molecular flexibility index (Phi) is 7.12. The maximum atomic E-state index is 2.51. The molecule has 0 saturated heterocycles. The Hall–Kier alpha value is -4.30. The van der Waals surface area contributed by atoms with Crippen molar-refractivity contribution in [2.24, 2.45) is 0 Å². The minimum atomic E-state index is 0.0480. The van der Waals surface area contributed by atoms with Crippen LogP contribution in [0.2, 0.25) is 0 Å². The molecule has 2 heteroatoms. The molecule has 0 amide bonds. The van der Waals surface area contributed by atoms with E-state index >= 15 is 0 Å². The molecule has 2 aromatic heterocycles. The van der Waals surface area contributed by atoms with Gasteiger partial charge < -0.3 is 9.13 Å². The Labute approximate surface area is 287 Å². The number of fused-ring (bicyclic) bond motifs is 6. The van der Waals surface area contributed by atoms with E-state index in [-0.39, 0.29) is 21.7 Å². The first kappa shape index (κ1) is 32.3. The molecular formula is C46H52N2. The number of hydrogen-bond acceptors (Lipinski definition) is 0. The van der Waals surface area contributed by atoms with Gasteiger partial charge in [0.05, 0.1) is 22.1 Å². The van der Waals surface area contributed by atoms with E-state index in [0.29, 0.717) is 0 Å². The van der Waals surface area contributed by atoms with Crippen LogP contribution in [0, 0.1) is 0 Å². The maximum absolute atomic E-state index is 2.51. The summed E-state index contributed by atoms with van der Waals surface area (Å²) >= 11 is 0. The van der Waals surface area contributed by atoms with Crippen LogP contribution in [0.3, 0.4) is 0 Å². The van der Waals surface area contributed by atoms with E-state index in [4.69, 9.17) is 0 Å². The summed E-state index contributed by atoms with van der Waals surface area (Å²) in [6, 6.07) is 37.5. The highest BCUT2D eigenvalue weighted by molar-refractivity contribution is 6.11. The highest BCUT2D eigenvalue weighted by atomic mass is 15.0. The molecule has 0 spiro atoms. The van der Waals surface area contributed by atoms with Crippen molar-refractivity contribution in [2.75, 3.05) is 0 Å². The Balaban J connectivity index is 1.57. The maximum Gasteiger partial charge on any atom is 0.0544 e. The largest absolute Gasteiger partial charge is 0.309 e. The molecular weight excluding hydrogens is 581 g/mol. The van der Waals surface area contributed by atoms with Crippen molar-refractivity contribution in [3.05, 3.63) is 119 Å². The van der Waals surface area contributed by atoms with Gasteiger partial charge in [0.2, 0.25) is 0 Å². The minimum absolute atomic E-state index is 0.0480. The van der Waals surface area contributed by atoms with Gasteiger partial charge >= 0.3 is 0 Å². The molecule has 5 aromatic carbocycles. The van der Waals surface area contributed by atoms with Crippen LogP contribution in [0.1, 0.15) is 105 Å². The van der Waals surface area contributed by atoms with Crippen molar-refractivity contribution in [2.45, 2.75) is 105 Å². The van der Waals surface area contributed by atoms with Crippen molar-refractivity contribution in [1.29, 1.82) is 0 Å². The highest BCUT2D eigenvalue weighted by Gasteiger charge is 2.23. The average Bonchev–Trinajstić information content (AvgIpc) is 3.50. The molecule has 0 saturated carbocycles. The van der Waals surface area contributed by atoms with Gasteiger partial charge in [-0.1, -0.05) is 138 Å². The zero-order chi connectivity index (χ0) is 34.6. The predicted octanol–water partition coefficient (Wildman–Crippen LogP) is 13.1. The standard InChI is InChI=1S/C46H52N2/c1-43(2,3)29-16-20-35-36-21-17-30(44(4,5)6)25-40(36)47(39(35)24-29)33-14-13-15-34(28-33)48-41-26-31(45(7,8)9)18-22-37(41)38-23-19-32(27-42(38)48)46(10,11)12/h13-28H,1-12H3. The Bertz CT molecular complexity index is 2060. The van der Waals surface area contributed by atoms with Crippen molar-refractivity contribution < 1.29 is 0 Å². The molecule has 0 aliphatic carbocycles. The summed E-state index contributed by atoms with van der Waals surface area (Å²) < 4.78 is 5.02. The first-order chi connectivity index (χ1) is 22.3. The molecule has 0 aliphatic heterocycles. The summed E-state index contributed by atoms with van der Waals surface area (Å²) in [5, 5.41) is 5.19. The fourth-order valence-corrected chi connectivity index (χ4v) is 7.23. The number of rotatable bonds is 2. The normalized spacial score (nSPS) is 13.4. The van der Waals surface area contributed by atoms with Gasteiger partial charge in [-0.15, -0.1) is 0 Å². The van der Waals surface area contributed by atoms with E-state index in [9.17, 15) is 0 Å². The zero-order valence-electron chi connectivity index (χ0n) is 31.1. The predicted molar refractivity (Wildman–Crippen MR) is 210 cm³/mol. The van der Waals surface area contributed by atoms with E-state index in [1.54, 1.807) is 0 Å². The lowest BCUT2D eigenvalue weighted by Gasteiger charge is -2.21. The van der Waals surface area contributed by atoms with Crippen LogP contribution in [0.25, 0.3) is 55.0 Å². The molecule has 0 fully saturated rings. The summed E-state index contributed by atoms with van der Waals surface area (Å²) in [6.45, 7) is 27.7. The zero-order valence-corrected chi connectivity index (χ0v) is 31.1. The quantitative estimate of drug-likeness (QED) is 0.179. The van der Waals surface area contributed by atoms with Gasteiger partial charge in [-0.05, 0) is 86.4 Å². The first-order valence-corrected chi connectivity index (χ1v) is 17.6. The molecule has 2 heterocycles. The van der Waals surface area contributed by atoms with Gasteiger partial charge in [-0.3, -0.25) is 0 Å². The molecule has 48 heavy (non-hydrogen) atoms. The molecule has 0 N–H and O–H groups in total. The molecule has 0 atom stereocenters. The molecule has 0 radical (unpaired) electrons. The number of hydrogen-bond donors (Lipinski definition) is 0. The minimum Gasteiger partial charge on any atom is -0.309 e. The van der Waals surface area contributed by atoms with E-state index < -0.39 is 0 Å². The number of aromatic nitrogens is 2. The van der Waals surface area contributed by atoms with Crippen LogP contribution in [0.4, 0.5) is 0 Å². The van der Waals surface area contributed by atoms with Crippen LogP contribution in [-0.4, -0.2) is 9.13 Å². The average molecular weight is 633 g/mol.